The number of Topliss-reactive ketones (excluding diaryl/α,β-unsaturated/α-hetero) is 1. The van der Waals surface area contributed by atoms with Crippen LogP contribution in [0.25, 0.3) is 11.1 Å². The summed E-state index contributed by atoms with van der Waals surface area (Å²) in [6, 6.07) is 26.9. The van der Waals surface area contributed by atoms with Gasteiger partial charge >= 0.3 is 0 Å². The number of hydrogen-bond donors (Lipinski definition) is 0. The quantitative estimate of drug-likeness (QED) is 0.343. The van der Waals surface area contributed by atoms with Crippen molar-refractivity contribution in [1.29, 1.82) is 0 Å². The van der Waals surface area contributed by atoms with Gasteiger partial charge in [0.05, 0.1) is 19.3 Å². The third kappa shape index (κ3) is 5.45. The summed E-state index contributed by atoms with van der Waals surface area (Å²) in [6.45, 7) is 2.99. The molecule has 4 rings (SSSR count). The highest BCUT2D eigenvalue weighted by atomic mass is 32.2. The van der Waals surface area contributed by atoms with Crippen molar-refractivity contribution in [2.45, 2.75) is 23.8 Å². The minimum absolute atomic E-state index is 0.132. The summed E-state index contributed by atoms with van der Waals surface area (Å²) in [6.07, 6.45) is 3.71. The van der Waals surface area contributed by atoms with Gasteiger partial charge in [0.2, 0.25) is 0 Å². The molecule has 1 fully saturated rings. The van der Waals surface area contributed by atoms with Crippen LogP contribution in [0.1, 0.15) is 22.3 Å². The Morgan fingerprint density at radius 2 is 1.61 bits per heavy atom. The number of aryl methyl sites for hydroxylation is 1. The summed E-state index contributed by atoms with van der Waals surface area (Å²) >= 11 is 1.69. The van der Waals surface area contributed by atoms with E-state index in [0.29, 0.717) is 13.2 Å². The molecule has 1 heterocycles. The van der Waals surface area contributed by atoms with Crippen molar-refractivity contribution in [3.05, 3.63) is 90.0 Å². The number of ether oxygens (including phenoxy) is 1. The lowest BCUT2D eigenvalue weighted by Crippen LogP contribution is -2.47. The van der Waals surface area contributed by atoms with E-state index in [1.807, 2.05) is 30.3 Å². The number of morpholine rings is 1. The van der Waals surface area contributed by atoms with E-state index in [1.165, 1.54) is 21.6 Å². The molecule has 3 nitrogen and oxygen atoms in total. The van der Waals surface area contributed by atoms with Crippen LogP contribution in [-0.4, -0.2) is 49.3 Å². The van der Waals surface area contributed by atoms with Crippen molar-refractivity contribution >= 4 is 17.5 Å². The molecule has 3 aromatic carbocycles. The standard InChI is InChI=1S/C27H29NO2S/c1-31-24-14-11-23(12-15-24)27(29)26(28-17-19-30-20-18-28)16-13-22-9-5-6-10-25(22)21-7-3-2-4-8-21/h2-12,14-15,26H,13,16-20H2,1H3. The van der Waals surface area contributed by atoms with Gasteiger partial charge in [-0.1, -0.05) is 66.7 Å². The molecule has 0 N–H and O–H groups in total. The number of rotatable bonds is 8. The Hall–Kier alpha value is -2.40. The smallest absolute Gasteiger partial charge is 0.179 e. The Kier molecular flexibility index (Phi) is 7.57. The summed E-state index contributed by atoms with van der Waals surface area (Å²) < 4.78 is 5.55. The van der Waals surface area contributed by atoms with E-state index in [4.69, 9.17) is 4.74 Å². The van der Waals surface area contributed by atoms with Crippen molar-refractivity contribution in [2.75, 3.05) is 32.6 Å². The molecule has 3 aromatic rings. The maximum Gasteiger partial charge on any atom is 0.179 e. The molecule has 0 amide bonds. The fourth-order valence-corrected chi connectivity index (χ4v) is 4.65. The highest BCUT2D eigenvalue weighted by Gasteiger charge is 2.28. The van der Waals surface area contributed by atoms with Crippen LogP contribution in [0.4, 0.5) is 0 Å². The Labute approximate surface area is 189 Å². The molecular formula is C27H29NO2S. The third-order valence-corrected chi connectivity index (χ3v) is 6.70. The van der Waals surface area contributed by atoms with Gasteiger partial charge in [-0.3, -0.25) is 9.69 Å². The first-order chi connectivity index (χ1) is 15.3. The second-order valence-corrected chi connectivity index (χ2v) is 8.70. The lowest BCUT2D eigenvalue weighted by molar-refractivity contribution is 0.0162. The van der Waals surface area contributed by atoms with Gasteiger partial charge in [-0.25, -0.2) is 0 Å². The molecule has 0 saturated carbocycles. The van der Waals surface area contributed by atoms with Crippen LogP contribution in [0, 0.1) is 0 Å². The average Bonchev–Trinajstić information content (AvgIpc) is 2.85. The Morgan fingerprint density at radius 1 is 0.935 bits per heavy atom. The van der Waals surface area contributed by atoms with E-state index < -0.39 is 0 Å². The predicted molar refractivity (Wildman–Crippen MR) is 129 cm³/mol. The average molecular weight is 432 g/mol. The zero-order chi connectivity index (χ0) is 21.5. The van der Waals surface area contributed by atoms with Gasteiger partial charge in [0.1, 0.15) is 0 Å². The summed E-state index contributed by atoms with van der Waals surface area (Å²) in [5, 5.41) is 0. The monoisotopic (exact) mass is 431 g/mol. The van der Waals surface area contributed by atoms with Gasteiger partial charge in [-0.05, 0) is 47.9 Å². The summed E-state index contributed by atoms with van der Waals surface area (Å²) in [4.78, 5) is 17.0. The van der Waals surface area contributed by atoms with Crippen LogP contribution >= 0.6 is 11.8 Å². The van der Waals surface area contributed by atoms with Crippen molar-refractivity contribution < 1.29 is 9.53 Å². The van der Waals surface area contributed by atoms with Crippen molar-refractivity contribution in [3.8, 4) is 11.1 Å². The number of nitrogens with zero attached hydrogens (tertiary/aromatic N) is 1. The van der Waals surface area contributed by atoms with E-state index in [0.717, 1.165) is 31.5 Å². The van der Waals surface area contributed by atoms with Gasteiger partial charge in [-0.15, -0.1) is 11.8 Å². The Morgan fingerprint density at radius 3 is 2.32 bits per heavy atom. The minimum atomic E-state index is -0.132. The molecule has 1 atom stereocenters. The molecule has 31 heavy (non-hydrogen) atoms. The molecule has 0 aromatic heterocycles. The molecule has 160 valence electrons. The SMILES string of the molecule is CSc1ccc(C(=O)C(CCc2ccccc2-c2ccccc2)N2CCOCC2)cc1. The van der Waals surface area contributed by atoms with E-state index in [-0.39, 0.29) is 11.8 Å². The third-order valence-electron chi connectivity index (χ3n) is 5.95. The van der Waals surface area contributed by atoms with E-state index in [2.05, 4.69) is 59.7 Å². The van der Waals surface area contributed by atoms with Gasteiger partial charge in [-0.2, -0.15) is 0 Å². The fourth-order valence-electron chi connectivity index (χ4n) is 4.25. The first-order valence-corrected chi connectivity index (χ1v) is 12.1. The molecule has 0 radical (unpaired) electrons. The van der Waals surface area contributed by atoms with Crippen LogP contribution in [-0.2, 0) is 11.2 Å². The normalized spacial score (nSPS) is 15.5. The number of carbonyl (C=O) groups excluding carboxylic acids is 1. The van der Waals surface area contributed by atoms with Gasteiger partial charge in [0.15, 0.2) is 5.78 Å². The highest BCUT2D eigenvalue weighted by Crippen LogP contribution is 2.26. The molecular weight excluding hydrogens is 402 g/mol. The summed E-state index contributed by atoms with van der Waals surface area (Å²) in [5.74, 6) is 0.215. The number of thioether (sulfide) groups is 1. The molecule has 1 aliphatic rings. The number of benzene rings is 3. The van der Waals surface area contributed by atoms with Crippen molar-refractivity contribution in [1.82, 2.24) is 4.90 Å². The molecule has 4 heteroatoms. The van der Waals surface area contributed by atoms with Crippen LogP contribution < -0.4 is 0 Å². The predicted octanol–water partition coefficient (Wildman–Crippen LogP) is 5.59. The lowest BCUT2D eigenvalue weighted by atomic mass is 9.92. The molecule has 0 aliphatic carbocycles. The van der Waals surface area contributed by atoms with Crippen LogP contribution in [0.2, 0.25) is 0 Å². The highest BCUT2D eigenvalue weighted by molar-refractivity contribution is 7.98. The Bertz CT molecular complexity index is 982. The van der Waals surface area contributed by atoms with Crippen molar-refractivity contribution in [3.63, 3.8) is 0 Å². The lowest BCUT2D eigenvalue weighted by Gasteiger charge is -2.34. The van der Waals surface area contributed by atoms with E-state index >= 15 is 0 Å². The number of carbonyl (C=O) groups is 1. The minimum Gasteiger partial charge on any atom is -0.379 e. The zero-order valence-electron chi connectivity index (χ0n) is 18.0. The largest absolute Gasteiger partial charge is 0.379 e. The van der Waals surface area contributed by atoms with E-state index in [9.17, 15) is 4.79 Å². The van der Waals surface area contributed by atoms with Gasteiger partial charge in [0, 0.05) is 23.5 Å². The summed E-state index contributed by atoms with van der Waals surface area (Å²) in [5.41, 5.74) is 4.56. The maximum absolute atomic E-state index is 13.5. The second kappa shape index (κ2) is 10.8. The van der Waals surface area contributed by atoms with Crippen molar-refractivity contribution in [2.24, 2.45) is 0 Å². The van der Waals surface area contributed by atoms with Gasteiger partial charge < -0.3 is 4.74 Å². The second-order valence-electron chi connectivity index (χ2n) is 7.82. The Balaban J connectivity index is 1.56. The molecule has 0 bridgehead atoms. The summed E-state index contributed by atoms with van der Waals surface area (Å²) in [7, 11) is 0. The van der Waals surface area contributed by atoms with E-state index in [1.54, 1.807) is 11.8 Å². The maximum atomic E-state index is 13.5. The number of hydrogen-bond acceptors (Lipinski definition) is 4. The topological polar surface area (TPSA) is 29.5 Å². The van der Waals surface area contributed by atoms with Gasteiger partial charge in [0.25, 0.3) is 0 Å². The van der Waals surface area contributed by atoms with Crippen LogP contribution in [0.3, 0.4) is 0 Å². The molecule has 0 spiro atoms. The fraction of sp³-hybridized carbons (Fsp3) is 0.296. The first-order valence-electron chi connectivity index (χ1n) is 10.9. The molecule has 1 saturated heterocycles. The zero-order valence-corrected chi connectivity index (χ0v) is 18.8. The molecule has 1 unspecified atom stereocenters. The first kappa shape index (κ1) is 21.8. The van der Waals surface area contributed by atoms with Crippen LogP contribution in [0.15, 0.2) is 83.8 Å². The number of ketones is 1. The van der Waals surface area contributed by atoms with Crippen LogP contribution in [0.5, 0.6) is 0 Å². The molecule has 1 aliphatic heterocycles.